The molecule has 1 aromatic heterocycles. The Balaban J connectivity index is 2.31. The third-order valence-corrected chi connectivity index (χ3v) is 2.44. The molecule has 1 heterocycles. The van der Waals surface area contributed by atoms with E-state index in [1.54, 1.807) is 0 Å². The number of aromatic carboxylic acids is 1. The van der Waals surface area contributed by atoms with Crippen LogP contribution in [0.4, 0.5) is 4.39 Å². The first-order chi connectivity index (χ1) is 8.56. The van der Waals surface area contributed by atoms with E-state index in [0.29, 0.717) is 4.47 Å². The van der Waals surface area contributed by atoms with Crippen molar-refractivity contribution in [1.29, 1.82) is 0 Å². The van der Waals surface area contributed by atoms with Crippen LogP contribution >= 0.6 is 15.9 Å². The lowest BCUT2D eigenvalue weighted by Crippen LogP contribution is -2.02. The van der Waals surface area contributed by atoms with Gasteiger partial charge in [-0.25, -0.2) is 14.2 Å². The summed E-state index contributed by atoms with van der Waals surface area (Å²) in [5.74, 6) is -1.90. The van der Waals surface area contributed by atoms with Crippen LogP contribution in [-0.2, 0) is 0 Å². The van der Waals surface area contributed by atoms with E-state index in [1.807, 2.05) is 0 Å². The first-order valence-electron chi connectivity index (χ1n) is 4.75. The maximum atomic E-state index is 13.4. The van der Waals surface area contributed by atoms with Crippen molar-refractivity contribution in [2.45, 2.75) is 0 Å². The van der Waals surface area contributed by atoms with Crippen molar-refractivity contribution < 1.29 is 19.0 Å². The van der Waals surface area contributed by atoms with Crippen LogP contribution < -0.4 is 4.74 Å². The van der Waals surface area contributed by atoms with Gasteiger partial charge in [-0.15, -0.1) is 0 Å². The maximum Gasteiger partial charge on any atom is 0.354 e. The van der Waals surface area contributed by atoms with Crippen LogP contribution in [0.3, 0.4) is 0 Å². The second-order valence-corrected chi connectivity index (χ2v) is 4.12. The van der Waals surface area contributed by atoms with Crippen LogP contribution in [0.15, 0.2) is 34.9 Å². The topological polar surface area (TPSA) is 72.3 Å². The van der Waals surface area contributed by atoms with E-state index >= 15 is 0 Å². The minimum Gasteiger partial charge on any atom is -0.477 e. The summed E-state index contributed by atoms with van der Waals surface area (Å²) in [7, 11) is 0. The predicted octanol–water partition coefficient (Wildman–Crippen LogP) is 2.87. The molecule has 0 spiro atoms. The Labute approximate surface area is 109 Å². The lowest BCUT2D eigenvalue weighted by atomic mass is 10.3. The van der Waals surface area contributed by atoms with Gasteiger partial charge in [0.2, 0.25) is 0 Å². The molecular formula is C11H6BrFN2O3. The number of ether oxygens (including phenoxy) is 1. The highest BCUT2D eigenvalue weighted by Gasteiger charge is 2.10. The summed E-state index contributed by atoms with van der Waals surface area (Å²) < 4.78 is 19.1. The van der Waals surface area contributed by atoms with Crippen molar-refractivity contribution >= 4 is 21.9 Å². The molecule has 2 aromatic rings. The Morgan fingerprint density at radius 2 is 2.17 bits per heavy atom. The summed E-state index contributed by atoms with van der Waals surface area (Å²) >= 11 is 3.17. The minimum atomic E-state index is -1.21. The van der Waals surface area contributed by atoms with Gasteiger partial charge in [0.1, 0.15) is 0 Å². The molecule has 0 saturated heterocycles. The summed E-state index contributed by atoms with van der Waals surface area (Å²) in [6.07, 6.45) is 1.22. The molecule has 0 amide bonds. The van der Waals surface area contributed by atoms with E-state index in [2.05, 4.69) is 25.9 Å². The van der Waals surface area contributed by atoms with Crippen molar-refractivity contribution in [3.05, 3.63) is 46.4 Å². The molecule has 0 aliphatic carbocycles. The lowest BCUT2D eigenvalue weighted by molar-refractivity contribution is 0.0689. The fraction of sp³-hybridized carbons (Fsp3) is 0. The predicted molar refractivity (Wildman–Crippen MR) is 63.2 cm³/mol. The Kier molecular flexibility index (Phi) is 3.52. The van der Waals surface area contributed by atoms with Crippen molar-refractivity contribution in [2.24, 2.45) is 0 Å². The molecule has 0 bridgehead atoms. The van der Waals surface area contributed by atoms with E-state index in [1.165, 1.54) is 30.5 Å². The highest BCUT2D eigenvalue weighted by Crippen LogP contribution is 2.25. The maximum absolute atomic E-state index is 13.4. The second kappa shape index (κ2) is 5.09. The Hall–Kier alpha value is -2.02. The fourth-order valence-corrected chi connectivity index (χ4v) is 1.50. The monoisotopic (exact) mass is 312 g/mol. The van der Waals surface area contributed by atoms with Gasteiger partial charge in [-0.2, -0.15) is 4.98 Å². The van der Waals surface area contributed by atoms with Crippen LogP contribution in [0.5, 0.6) is 11.8 Å². The quantitative estimate of drug-likeness (QED) is 0.943. The largest absolute Gasteiger partial charge is 0.477 e. The Morgan fingerprint density at radius 3 is 2.89 bits per heavy atom. The van der Waals surface area contributed by atoms with Crippen molar-refractivity contribution in [3.8, 4) is 11.8 Å². The third kappa shape index (κ3) is 2.80. The van der Waals surface area contributed by atoms with E-state index in [4.69, 9.17) is 9.84 Å². The van der Waals surface area contributed by atoms with Gasteiger partial charge >= 0.3 is 12.0 Å². The average molecular weight is 313 g/mol. The second-order valence-electron chi connectivity index (χ2n) is 3.21. The van der Waals surface area contributed by atoms with Crippen LogP contribution in [0, 0.1) is 5.82 Å². The lowest BCUT2D eigenvalue weighted by Gasteiger charge is -2.05. The number of nitrogens with zero attached hydrogens (tertiary/aromatic N) is 2. The molecule has 7 heteroatoms. The molecule has 0 radical (unpaired) electrons. The first kappa shape index (κ1) is 12.4. The molecule has 1 N–H and O–H groups in total. The SMILES string of the molecule is O=C(O)c1ccnc(Oc2cc(Br)ccc2F)n1. The van der Waals surface area contributed by atoms with Gasteiger partial charge in [-0.05, 0) is 24.3 Å². The van der Waals surface area contributed by atoms with Crippen molar-refractivity contribution in [3.63, 3.8) is 0 Å². The van der Waals surface area contributed by atoms with E-state index in [-0.39, 0.29) is 17.5 Å². The normalized spacial score (nSPS) is 10.1. The van der Waals surface area contributed by atoms with E-state index in [0.717, 1.165) is 0 Å². The van der Waals surface area contributed by atoms with Crippen LogP contribution in [0.2, 0.25) is 0 Å². The molecule has 0 unspecified atom stereocenters. The van der Waals surface area contributed by atoms with E-state index in [9.17, 15) is 9.18 Å². The fourth-order valence-electron chi connectivity index (χ4n) is 1.16. The minimum absolute atomic E-state index is 0.0908. The van der Waals surface area contributed by atoms with Crippen LogP contribution in [-0.4, -0.2) is 21.0 Å². The smallest absolute Gasteiger partial charge is 0.354 e. The molecule has 2 rings (SSSR count). The van der Waals surface area contributed by atoms with Gasteiger partial charge in [-0.1, -0.05) is 15.9 Å². The Morgan fingerprint density at radius 1 is 1.39 bits per heavy atom. The third-order valence-electron chi connectivity index (χ3n) is 1.95. The number of benzene rings is 1. The number of carboxylic acid groups (broad SMARTS) is 1. The molecular weight excluding hydrogens is 307 g/mol. The standard InChI is InChI=1S/C11H6BrFN2O3/c12-6-1-2-7(13)9(5-6)18-11-14-4-3-8(15-11)10(16)17/h1-5H,(H,16,17). The number of hydrogen-bond donors (Lipinski definition) is 1. The van der Waals surface area contributed by atoms with Gasteiger partial charge in [0.25, 0.3) is 0 Å². The van der Waals surface area contributed by atoms with Crippen molar-refractivity contribution in [2.75, 3.05) is 0 Å². The number of aromatic nitrogens is 2. The molecule has 5 nitrogen and oxygen atoms in total. The molecule has 0 atom stereocenters. The molecule has 0 fully saturated rings. The number of carboxylic acids is 1. The molecule has 0 aliphatic heterocycles. The summed E-state index contributed by atoms with van der Waals surface area (Å²) in [4.78, 5) is 18.0. The van der Waals surface area contributed by atoms with Gasteiger partial charge in [-0.3, -0.25) is 0 Å². The summed E-state index contributed by atoms with van der Waals surface area (Å²) in [5, 5.41) is 8.75. The molecule has 0 aliphatic rings. The molecule has 0 saturated carbocycles. The summed E-state index contributed by atoms with van der Waals surface area (Å²) in [5.41, 5.74) is -0.226. The van der Waals surface area contributed by atoms with Gasteiger partial charge in [0, 0.05) is 10.7 Å². The van der Waals surface area contributed by atoms with Crippen molar-refractivity contribution in [1.82, 2.24) is 9.97 Å². The Bertz CT molecular complexity index is 607. The zero-order valence-electron chi connectivity index (χ0n) is 8.80. The number of halogens is 2. The number of hydrogen-bond acceptors (Lipinski definition) is 4. The zero-order chi connectivity index (χ0) is 13.1. The first-order valence-corrected chi connectivity index (χ1v) is 5.55. The molecule has 18 heavy (non-hydrogen) atoms. The summed E-state index contributed by atoms with van der Waals surface area (Å²) in [6.45, 7) is 0. The molecule has 92 valence electrons. The van der Waals surface area contributed by atoms with Crippen LogP contribution in [0.1, 0.15) is 10.5 Å². The van der Waals surface area contributed by atoms with Gasteiger partial charge < -0.3 is 9.84 Å². The zero-order valence-corrected chi connectivity index (χ0v) is 10.4. The van der Waals surface area contributed by atoms with E-state index < -0.39 is 11.8 Å². The van der Waals surface area contributed by atoms with Gasteiger partial charge in [0.05, 0.1) is 0 Å². The molecule has 1 aromatic carbocycles. The summed E-state index contributed by atoms with van der Waals surface area (Å²) in [6, 6.07) is 5.10. The highest BCUT2D eigenvalue weighted by atomic mass is 79.9. The van der Waals surface area contributed by atoms with Gasteiger partial charge in [0.15, 0.2) is 17.3 Å². The highest BCUT2D eigenvalue weighted by molar-refractivity contribution is 9.10. The number of rotatable bonds is 3. The van der Waals surface area contributed by atoms with Crippen LogP contribution in [0.25, 0.3) is 0 Å². The number of carbonyl (C=O) groups is 1. The average Bonchev–Trinajstić information content (AvgIpc) is 2.34.